The normalized spacial score (nSPS) is 19.3. The molecular weight excluding hydrogens is 586 g/mol. The van der Waals surface area contributed by atoms with Gasteiger partial charge in [-0.05, 0) is 49.6 Å². The third-order valence-corrected chi connectivity index (χ3v) is 8.18. The van der Waals surface area contributed by atoms with Crippen molar-refractivity contribution < 1.29 is 42.9 Å². The van der Waals surface area contributed by atoms with Crippen LogP contribution in [-0.2, 0) is 16.0 Å². The van der Waals surface area contributed by atoms with Crippen LogP contribution in [0.25, 0.3) is 6.08 Å². The van der Waals surface area contributed by atoms with E-state index in [0.717, 1.165) is 22.9 Å². The van der Waals surface area contributed by atoms with Crippen molar-refractivity contribution in [2.24, 2.45) is 0 Å². The Morgan fingerprint density at radius 2 is 1.73 bits per heavy atom. The second kappa shape index (κ2) is 12.8. The monoisotopic (exact) mass is 617 g/mol. The van der Waals surface area contributed by atoms with Gasteiger partial charge in [0.1, 0.15) is 18.0 Å². The molecule has 3 aromatic carbocycles. The first-order valence-corrected chi connectivity index (χ1v) is 14.7. The molecule has 2 amide bonds. The number of methoxy groups -OCH3 is 2. The number of benzene rings is 3. The molecule has 3 aromatic rings. The lowest BCUT2D eigenvalue weighted by Crippen LogP contribution is -2.44. The van der Waals surface area contributed by atoms with Crippen molar-refractivity contribution in [1.29, 1.82) is 0 Å². The summed E-state index contributed by atoms with van der Waals surface area (Å²) in [7, 11) is 2.82. The number of Topliss-reactive ketones (excluding diaryl/α,β-unsaturated/α-hetero) is 1. The second-order valence-corrected chi connectivity index (χ2v) is 11.7. The van der Waals surface area contributed by atoms with Crippen LogP contribution >= 0.6 is 11.8 Å². The summed E-state index contributed by atoms with van der Waals surface area (Å²) >= 11 is 0.981. The number of imide groups is 1. The maximum absolute atomic E-state index is 13.6. The number of fused-ring (bicyclic) bond motifs is 1. The highest BCUT2D eigenvalue weighted by molar-refractivity contribution is 8.15. The van der Waals surface area contributed by atoms with Gasteiger partial charge >= 0.3 is 5.97 Å². The van der Waals surface area contributed by atoms with Gasteiger partial charge in [0.2, 0.25) is 17.4 Å². The van der Waals surface area contributed by atoms with Crippen molar-refractivity contribution in [1.82, 2.24) is 5.32 Å². The fourth-order valence-corrected chi connectivity index (χ4v) is 5.91. The van der Waals surface area contributed by atoms with Crippen LogP contribution in [-0.4, -0.2) is 54.6 Å². The molecule has 1 saturated heterocycles. The van der Waals surface area contributed by atoms with E-state index in [1.807, 2.05) is 42.5 Å². The average molecular weight is 618 g/mol. The molecule has 0 saturated carbocycles. The van der Waals surface area contributed by atoms with Crippen LogP contribution in [0.5, 0.6) is 28.7 Å². The Balaban J connectivity index is 1.32. The number of carbonyl (C=O) groups excluding carboxylic acids is 4. The Morgan fingerprint density at radius 3 is 2.36 bits per heavy atom. The van der Waals surface area contributed by atoms with Crippen molar-refractivity contribution in [2.45, 2.75) is 37.5 Å². The Labute approximate surface area is 258 Å². The van der Waals surface area contributed by atoms with Crippen LogP contribution in [0.1, 0.15) is 40.4 Å². The Hall–Kier alpha value is -4.77. The first-order chi connectivity index (χ1) is 21.1. The topological polar surface area (TPSA) is 126 Å². The lowest BCUT2D eigenvalue weighted by Gasteiger charge is -2.36. The van der Waals surface area contributed by atoms with E-state index in [4.69, 9.17) is 23.7 Å². The number of hydrogen-bond acceptors (Lipinski definition) is 10. The van der Waals surface area contributed by atoms with E-state index in [0.29, 0.717) is 17.7 Å². The van der Waals surface area contributed by atoms with E-state index < -0.39 is 16.8 Å². The number of nitrogens with one attached hydrogen (secondary N) is 1. The van der Waals surface area contributed by atoms with Gasteiger partial charge < -0.3 is 23.7 Å². The fraction of sp³-hybridized carbons (Fsp3) is 0.273. The summed E-state index contributed by atoms with van der Waals surface area (Å²) in [5, 5.41) is 1.49. The maximum atomic E-state index is 13.6. The van der Waals surface area contributed by atoms with Crippen LogP contribution in [0.4, 0.5) is 4.79 Å². The summed E-state index contributed by atoms with van der Waals surface area (Å²) in [5.41, 5.74) is 1.28. The number of esters is 1. The van der Waals surface area contributed by atoms with Crippen molar-refractivity contribution in [2.75, 3.05) is 20.8 Å². The van der Waals surface area contributed by atoms with Crippen LogP contribution in [0.2, 0.25) is 0 Å². The van der Waals surface area contributed by atoms with Crippen LogP contribution in [0, 0.1) is 6.92 Å². The minimum Gasteiger partial charge on any atom is -0.490 e. The van der Waals surface area contributed by atoms with E-state index >= 15 is 0 Å². The largest absolute Gasteiger partial charge is 0.490 e. The Bertz CT molecular complexity index is 1640. The number of ketones is 1. The average Bonchev–Trinajstić information content (AvgIpc) is 3.32. The van der Waals surface area contributed by atoms with E-state index in [-0.39, 0.29) is 58.5 Å². The third kappa shape index (κ3) is 6.57. The summed E-state index contributed by atoms with van der Waals surface area (Å²) in [6.07, 6.45) is 3.33. The predicted molar refractivity (Wildman–Crippen MR) is 164 cm³/mol. The fourth-order valence-electron chi connectivity index (χ4n) is 5.05. The van der Waals surface area contributed by atoms with E-state index in [1.165, 1.54) is 20.3 Å². The lowest BCUT2D eigenvalue weighted by atomic mass is 9.89. The molecule has 2 heterocycles. The molecule has 228 valence electrons. The molecule has 1 fully saturated rings. The molecule has 0 spiro atoms. The van der Waals surface area contributed by atoms with Gasteiger partial charge in [-0.3, -0.25) is 19.7 Å². The SMILES string of the molecule is COc1c(OC(=O)C=Cc2ccccc2)c(C)c2c(c1OC)OC(C)(COc1ccc(CC3SC(=O)NC3=O)cc1)CC2=O. The van der Waals surface area contributed by atoms with Crippen molar-refractivity contribution in [3.8, 4) is 28.7 Å². The van der Waals surface area contributed by atoms with Gasteiger partial charge in [0.05, 0.1) is 31.5 Å². The predicted octanol–water partition coefficient (Wildman–Crippen LogP) is 5.33. The molecule has 2 aliphatic rings. The first kappa shape index (κ1) is 30.7. The summed E-state index contributed by atoms with van der Waals surface area (Å²) in [5.74, 6) is -0.132. The van der Waals surface area contributed by atoms with Gasteiger partial charge in [-0.2, -0.15) is 0 Å². The summed E-state index contributed by atoms with van der Waals surface area (Å²) in [4.78, 5) is 49.6. The molecular formula is C33H31NO9S. The highest BCUT2D eigenvalue weighted by Gasteiger charge is 2.43. The third-order valence-electron chi connectivity index (χ3n) is 7.20. The maximum Gasteiger partial charge on any atom is 0.336 e. The quantitative estimate of drug-likeness (QED) is 0.181. The van der Waals surface area contributed by atoms with Gasteiger partial charge in [0.25, 0.3) is 5.24 Å². The minimum absolute atomic E-state index is 0.00224. The van der Waals surface area contributed by atoms with Gasteiger partial charge in [-0.15, -0.1) is 0 Å². The minimum atomic E-state index is -1.05. The molecule has 0 aliphatic carbocycles. The molecule has 44 heavy (non-hydrogen) atoms. The molecule has 5 rings (SSSR count). The zero-order valence-electron chi connectivity index (χ0n) is 24.6. The molecule has 2 atom stereocenters. The first-order valence-electron chi connectivity index (χ1n) is 13.8. The summed E-state index contributed by atoms with van der Waals surface area (Å²) in [6.45, 7) is 3.47. The number of carbonyl (C=O) groups is 4. The highest BCUT2D eigenvalue weighted by atomic mass is 32.2. The van der Waals surface area contributed by atoms with Gasteiger partial charge in [-0.25, -0.2) is 4.79 Å². The molecule has 10 nitrogen and oxygen atoms in total. The number of thioether (sulfide) groups is 1. The smallest absolute Gasteiger partial charge is 0.336 e. The van der Waals surface area contributed by atoms with Gasteiger partial charge in [0.15, 0.2) is 17.3 Å². The summed E-state index contributed by atoms with van der Waals surface area (Å²) < 4.78 is 29.3. The van der Waals surface area contributed by atoms with Crippen LogP contribution < -0.4 is 29.0 Å². The van der Waals surface area contributed by atoms with Crippen molar-refractivity contribution in [3.05, 3.63) is 82.9 Å². The molecule has 0 aromatic heterocycles. The molecule has 0 radical (unpaired) electrons. The Morgan fingerprint density at radius 1 is 1.02 bits per heavy atom. The zero-order valence-corrected chi connectivity index (χ0v) is 25.4. The van der Waals surface area contributed by atoms with Crippen molar-refractivity contribution in [3.63, 3.8) is 0 Å². The number of amides is 2. The standard InChI is InChI=1S/C33H31NO9S/c1-19-26-23(35)17-33(2,18-41-22-13-10-21(11-14-22)16-24-31(37)34-32(38)44-24)43-28(26)30(40-4)29(39-3)27(19)42-25(36)15-12-20-8-6-5-7-9-20/h5-15,24H,16-18H2,1-4H3,(H,34,37,38). The van der Waals surface area contributed by atoms with E-state index in [2.05, 4.69) is 5.32 Å². The molecule has 11 heteroatoms. The van der Waals surface area contributed by atoms with Gasteiger partial charge in [-0.1, -0.05) is 54.2 Å². The van der Waals surface area contributed by atoms with Crippen LogP contribution in [0.15, 0.2) is 60.7 Å². The molecule has 0 bridgehead atoms. The second-order valence-electron chi connectivity index (χ2n) is 10.6. The van der Waals surface area contributed by atoms with E-state index in [1.54, 1.807) is 32.1 Å². The number of ether oxygens (including phenoxy) is 5. The molecule has 1 N–H and O–H groups in total. The zero-order chi connectivity index (χ0) is 31.4. The van der Waals surface area contributed by atoms with Gasteiger partial charge in [0, 0.05) is 11.6 Å². The van der Waals surface area contributed by atoms with E-state index in [9.17, 15) is 19.2 Å². The Kier molecular flexibility index (Phi) is 8.96. The van der Waals surface area contributed by atoms with Crippen molar-refractivity contribution >= 4 is 40.7 Å². The van der Waals surface area contributed by atoms with Crippen LogP contribution in [0.3, 0.4) is 0 Å². The molecule has 2 unspecified atom stereocenters. The lowest BCUT2D eigenvalue weighted by molar-refractivity contribution is -0.129. The highest BCUT2D eigenvalue weighted by Crippen LogP contribution is 2.53. The molecule has 2 aliphatic heterocycles. The summed E-state index contributed by atoms with van der Waals surface area (Å²) in [6, 6.07) is 16.5. The number of rotatable bonds is 10. The number of hydrogen-bond donors (Lipinski definition) is 1.